The zero-order valence-electron chi connectivity index (χ0n) is 23.0. The molecule has 17 heteroatoms. The number of nitrogens with zero attached hydrogens (tertiary/aromatic N) is 1. The van der Waals surface area contributed by atoms with Crippen molar-refractivity contribution in [2.24, 2.45) is 11.5 Å². The highest BCUT2D eigenvalue weighted by Crippen LogP contribution is 2.18. The van der Waals surface area contributed by atoms with Gasteiger partial charge in [0, 0.05) is 13.0 Å². The number of aliphatic hydroxyl groups is 1. The van der Waals surface area contributed by atoms with E-state index < -0.39 is 91.3 Å². The molecule has 0 aromatic carbocycles. The molecule has 1 aliphatic rings. The Morgan fingerprint density at radius 2 is 1.63 bits per heavy atom. The molecule has 1 saturated heterocycles. The highest BCUT2D eigenvalue weighted by atomic mass is 16.4. The van der Waals surface area contributed by atoms with E-state index in [0.717, 1.165) is 0 Å². The largest absolute Gasteiger partial charge is 0.481 e. The molecule has 1 fully saturated rings. The summed E-state index contributed by atoms with van der Waals surface area (Å²) < 4.78 is 0. The number of unbranched alkanes of at least 4 members (excludes halogenated alkanes) is 1. The summed E-state index contributed by atoms with van der Waals surface area (Å²) in [4.78, 5) is 86.4. The number of nitrogens with two attached hydrogens (primary N) is 2. The second-order valence-corrected chi connectivity index (χ2v) is 9.66. The van der Waals surface area contributed by atoms with Crippen LogP contribution in [0.5, 0.6) is 0 Å². The van der Waals surface area contributed by atoms with Crippen LogP contribution < -0.4 is 32.7 Å². The van der Waals surface area contributed by atoms with Crippen molar-refractivity contribution < 1.29 is 48.9 Å². The van der Waals surface area contributed by atoms with E-state index in [1.165, 1.54) is 11.8 Å². The van der Waals surface area contributed by atoms with Crippen molar-refractivity contribution in [1.29, 1.82) is 0 Å². The normalized spacial score (nSPS) is 17.5. The van der Waals surface area contributed by atoms with Crippen LogP contribution in [0.4, 0.5) is 0 Å². The number of carbonyl (C=O) groups is 7. The number of nitrogens with one attached hydrogen (secondary N) is 4. The Balaban J connectivity index is 2.75. The van der Waals surface area contributed by atoms with Gasteiger partial charge in [-0.3, -0.25) is 28.8 Å². The highest BCUT2D eigenvalue weighted by Gasteiger charge is 2.36. The van der Waals surface area contributed by atoms with E-state index in [1.807, 2.05) is 0 Å². The summed E-state index contributed by atoms with van der Waals surface area (Å²) in [5, 5.41) is 36.8. The third-order valence-electron chi connectivity index (χ3n) is 6.39. The number of hydrogen-bond acceptors (Lipinski definition) is 10. The minimum Gasteiger partial charge on any atom is -0.481 e. The van der Waals surface area contributed by atoms with Crippen LogP contribution in [0, 0.1) is 0 Å². The van der Waals surface area contributed by atoms with E-state index in [4.69, 9.17) is 21.7 Å². The number of hydrogen-bond donors (Lipinski definition) is 9. The second kappa shape index (κ2) is 17.8. The van der Waals surface area contributed by atoms with Gasteiger partial charge in [-0.05, 0) is 52.0 Å². The fraction of sp³-hybridized carbons (Fsp3) is 0.708. The van der Waals surface area contributed by atoms with Gasteiger partial charge >= 0.3 is 11.9 Å². The van der Waals surface area contributed by atoms with Gasteiger partial charge in [-0.25, -0.2) is 4.79 Å². The average molecular weight is 588 g/mol. The summed E-state index contributed by atoms with van der Waals surface area (Å²) in [6.07, 6.45) is 1.14. The Bertz CT molecular complexity index is 963. The van der Waals surface area contributed by atoms with Gasteiger partial charge in [0.25, 0.3) is 0 Å². The molecule has 0 bridgehead atoms. The molecule has 1 aliphatic heterocycles. The lowest BCUT2D eigenvalue weighted by molar-refractivity contribution is -0.142. The fourth-order valence-electron chi connectivity index (χ4n) is 4.09. The van der Waals surface area contributed by atoms with Crippen LogP contribution in [0.25, 0.3) is 0 Å². The first-order valence-corrected chi connectivity index (χ1v) is 13.3. The van der Waals surface area contributed by atoms with Crippen molar-refractivity contribution in [2.75, 3.05) is 26.2 Å². The molecule has 232 valence electrons. The van der Waals surface area contributed by atoms with E-state index in [9.17, 15) is 38.7 Å². The number of likely N-dealkylation sites (tertiary alicyclic amines) is 1. The van der Waals surface area contributed by atoms with Gasteiger partial charge in [0.15, 0.2) is 0 Å². The van der Waals surface area contributed by atoms with Gasteiger partial charge in [-0.2, -0.15) is 0 Å². The fourth-order valence-corrected chi connectivity index (χ4v) is 4.09. The first kappa shape index (κ1) is 35.2. The molecule has 0 saturated carbocycles. The lowest BCUT2D eigenvalue weighted by Gasteiger charge is -2.26. The molecule has 11 N–H and O–H groups in total. The van der Waals surface area contributed by atoms with Gasteiger partial charge in [0.2, 0.25) is 29.5 Å². The van der Waals surface area contributed by atoms with E-state index in [1.54, 1.807) is 0 Å². The molecule has 5 atom stereocenters. The molecule has 1 heterocycles. The Hall–Kier alpha value is -3.83. The van der Waals surface area contributed by atoms with Gasteiger partial charge in [-0.15, -0.1) is 0 Å². The molecule has 1 rings (SSSR count). The van der Waals surface area contributed by atoms with Gasteiger partial charge in [0.1, 0.15) is 30.2 Å². The molecule has 0 aromatic rings. The van der Waals surface area contributed by atoms with Crippen LogP contribution >= 0.6 is 0 Å². The predicted octanol–water partition coefficient (Wildman–Crippen LogP) is -4.03. The maximum atomic E-state index is 12.8. The van der Waals surface area contributed by atoms with Gasteiger partial charge in [0.05, 0.1) is 13.2 Å². The van der Waals surface area contributed by atoms with Crippen molar-refractivity contribution in [2.45, 2.75) is 82.1 Å². The lowest BCUT2D eigenvalue weighted by atomic mass is 10.1. The SMILES string of the molecule is C[C@H](NC(=O)[C@H](CCC(=O)O)NC(=O)CNC(=O)[C@@H]1CCCN1C(=O)[C@@H](N)CO)C(=O)N[C@@H](CCCCN)C(=O)O. The third kappa shape index (κ3) is 12.1. The predicted molar refractivity (Wildman–Crippen MR) is 142 cm³/mol. The van der Waals surface area contributed by atoms with Crippen LogP contribution in [0.3, 0.4) is 0 Å². The van der Waals surface area contributed by atoms with Crippen LogP contribution in [0.1, 0.15) is 51.9 Å². The average Bonchev–Trinajstić information content (AvgIpc) is 3.42. The number of aliphatic hydroxyl groups excluding tert-OH is 1. The van der Waals surface area contributed by atoms with E-state index in [2.05, 4.69) is 21.3 Å². The van der Waals surface area contributed by atoms with Crippen molar-refractivity contribution in [3.05, 3.63) is 0 Å². The van der Waals surface area contributed by atoms with E-state index in [-0.39, 0.29) is 19.4 Å². The molecule has 0 aliphatic carbocycles. The third-order valence-corrected chi connectivity index (χ3v) is 6.39. The number of rotatable bonds is 18. The smallest absolute Gasteiger partial charge is 0.326 e. The standard InChI is InChI=1S/C24H41N7O10/c1-13(20(36)30-16(24(40)41)5-2-3-9-25)28-21(37)15(7-8-19(34)35)29-18(33)11-27-22(38)17-6-4-10-31(17)23(39)14(26)12-32/h13-17,32H,2-12,25-26H2,1H3,(H,27,38)(H,28,37)(H,29,33)(H,30,36)(H,34,35)(H,40,41)/t13-,14-,15-,16-,17-/m0/s1. The number of amides is 5. The molecule has 0 radical (unpaired) electrons. The maximum Gasteiger partial charge on any atom is 0.326 e. The molecule has 0 unspecified atom stereocenters. The Labute approximate surface area is 236 Å². The topological polar surface area (TPSA) is 284 Å². The van der Waals surface area contributed by atoms with Crippen LogP contribution in [0.15, 0.2) is 0 Å². The summed E-state index contributed by atoms with van der Waals surface area (Å²) >= 11 is 0. The summed E-state index contributed by atoms with van der Waals surface area (Å²) in [5.41, 5.74) is 11.0. The summed E-state index contributed by atoms with van der Waals surface area (Å²) in [5.74, 6) is -6.29. The molecule has 17 nitrogen and oxygen atoms in total. The molecular formula is C24H41N7O10. The van der Waals surface area contributed by atoms with Crippen molar-refractivity contribution >= 4 is 41.5 Å². The molecule has 0 aromatic heterocycles. The first-order valence-electron chi connectivity index (χ1n) is 13.3. The number of aliphatic carboxylic acids is 2. The van der Waals surface area contributed by atoms with E-state index >= 15 is 0 Å². The lowest BCUT2D eigenvalue weighted by Crippen LogP contribution is -2.56. The molecular weight excluding hydrogens is 546 g/mol. The number of carbonyl (C=O) groups excluding carboxylic acids is 5. The van der Waals surface area contributed by atoms with E-state index in [0.29, 0.717) is 32.2 Å². The van der Waals surface area contributed by atoms with Gasteiger partial charge < -0.3 is 53.0 Å². The summed E-state index contributed by atoms with van der Waals surface area (Å²) in [6, 6.07) is -5.90. The molecule has 5 amide bonds. The highest BCUT2D eigenvalue weighted by molar-refractivity contribution is 5.95. The Morgan fingerprint density at radius 1 is 0.951 bits per heavy atom. The van der Waals surface area contributed by atoms with Crippen LogP contribution in [-0.2, 0) is 33.6 Å². The summed E-state index contributed by atoms with van der Waals surface area (Å²) in [7, 11) is 0. The van der Waals surface area contributed by atoms with Crippen LogP contribution in [0.2, 0.25) is 0 Å². The molecule has 0 spiro atoms. The molecule has 41 heavy (non-hydrogen) atoms. The van der Waals surface area contributed by atoms with Crippen molar-refractivity contribution in [1.82, 2.24) is 26.2 Å². The summed E-state index contributed by atoms with van der Waals surface area (Å²) in [6.45, 7) is 0.707. The van der Waals surface area contributed by atoms with Crippen molar-refractivity contribution in [3.63, 3.8) is 0 Å². The Kier molecular flexibility index (Phi) is 15.3. The second-order valence-electron chi connectivity index (χ2n) is 9.66. The van der Waals surface area contributed by atoms with Crippen LogP contribution in [-0.4, -0.2) is 118 Å². The zero-order chi connectivity index (χ0) is 31.1. The zero-order valence-corrected chi connectivity index (χ0v) is 23.0. The monoisotopic (exact) mass is 587 g/mol. The van der Waals surface area contributed by atoms with Crippen molar-refractivity contribution in [3.8, 4) is 0 Å². The first-order chi connectivity index (χ1) is 19.3. The number of carboxylic acids is 2. The van der Waals surface area contributed by atoms with Gasteiger partial charge in [-0.1, -0.05) is 0 Å². The maximum absolute atomic E-state index is 12.8. The minimum absolute atomic E-state index is 0.128. The number of carboxylic acid groups (broad SMARTS) is 2. The minimum atomic E-state index is -1.39. The Morgan fingerprint density at radius 3 is 2.22 bits per heavy atom. The quantitative estimate of drug-likeness (QED) is 0.0693.